The van der Waals surface area contributed by atoms with E-state index in [1.807, 2.05) is 0 Å². The normalized spacial score (nSPS) is 11.3. The van der Waals surface area contributed by atoms with Crippen LogP contribution >= 0.6 is 11.6 Å². The molecule has 0 fully saturated rings. The van der Waals surface area contributed by atoms with Gasteiger partial charge in [-0.15, -0.1) is 0 Å². The highest BCUT2D eigenvalue weighted by Gasteiger charge is 2.21. The van der Waals surface area contributed by atoms with Crippen LogP contribution < -0.4 is 4.90 Å². The van der Waals surface area contributed by atoms with Crippen LogP contribution in [0.3, 0.4) is 0 Å². The molecule has 0 aliphatic rings. The number of pyridine rings is 1. The van der Waals surface area contributed by atoms with Crippen molar-refractivity contribution in [2.45, 2.75) is 46.6 Å². The Hall–Kier alpha value is -0.830. The van der Waals surface area contributed by atoms with Crippen LogP contribution in [0.1, 0.15) is 40.5 Å². The number of halogens is 2. The predicted octanol–water partition coefficient (Wildman–Crippen LogP) is 4.53. The Morgan fingerprint density at radius 1 is 1.33 bits per heavy atom. The number of hydrogen-bond acceptors (Lipinski definition) is 2. The number of nitrogens with zero attached hydrogens (tertiary/aromatic N) is 2. The average molecular weight is 273 g/mol. The van der Waals surface area contributed by atoms with Gasteiger partial charge in [0, 0.05) is 18.8 Å². The third kappa shape index (κ3) is 3.84. The molecule has 102 valence electrons. The molecular formula is C14H22ClFN2. The Kier molecular flexibility index (Phi) is 5.86. The molecule has 2 nitrogen and oxygen atoms in total. The smallest absolute Gasteiger partial charge is 0.167 e. The zero-order valence-electron chi connectivity index (χ0n) is 11.6. The van der Waals surface area contributed by atoms with Gasteiger partial charge in [-0.25, -0.2) is 9.37 Å². The van der Waals surface area contributed by atoms with Crippen LogP contribution in [0.15, 0.2) is 12.3 Å². The van der Waals surface area contributed by atoms with E-state index in [9.17, 15) is 4.39 Å². The first-order valence-corrected chi connectivity index (χ1v) is 6.95. The zero-order valence-corrected chi connectivity index (χ0v) is 12.3. The summed E-state index contributed by atoms with van der Waals surface area (Å²) in [5, 5.41) is 0.338. The minimum atomic E-state index is -0.338. The molecule has 0 unspecified atom stereocenters. The maximum absolute atomic E-state index is 14.0. The lowest BCUT2D eigenvalue weighted by atomic mass is 10.1. The van der Waals surface area contributed by atoms with Crippen LogP contribution in [-0.2, 0) is 0 Å². The summed E-state index contributed by atoms with van der Waals surface area (Å²) in [7, 11) is 0. The average Bonchev–Trinajstić information content (AvgIpc) is 2.29. The molecule has 1 rings (SSSR count). The van der Waals surface area contributed by atoms with Crippen molar-refractivity contribution in [1.29, 1.82) is 0 Å². The molecule has 1 aromatic heterocycles. The van der Waals surface area contributed by atoms with Gasteiger partial charge in [-0.3, -0.25) is 0 Å². The molecule has 0 atom stereocenters. The van der Waals surface area contributed by atoms with Gasteiger partial charge in [-0.05, 0) is 24.8 Å². The van der Waals surface area contributed by atoms with Crippen LogP contribution in [0.5, 0.6) is 0 Å². The molecule has 0 saturated carbocycles. The van der Waals surface area contributed by atoms with Gasteiger partial charge in [-0.2, -0.15) is 0 Å². The maximum atomic E-state index is 14.0. The second kappa shape index (κ2) is 6.93. The fourth-order valence-electron chi connectivity index (χ4n) is 2.15. The molecule has 0 bridgehead atoms. The summed E-state index contributed by atoms with van der Waals surface area (Å²) in [6.07, 6.45) is 3.47. The van der Waals surface area contributed by atoms with Crippen molar-refractivity contribution in [3.05, 3.63) is 23.1 Å². The SMILES string of the molecule is CCC(CC)N(CC(C)C)c1ncc(Cl)cc1F. The molecule has 0 aromatic carbocycles. The van der Waals surface area contributed by atoms with E-state index in [4.69, 9.17) is 11.6 Å². The van der Waals surface area contributed by atoms with Crippen molar-refractivity contribution in [1.82, 2.24) is 4.98 Å². The largest absolute Gasteiger partial charge is 0.351 e. The summed E-state index contributed by atoms with van der Waals surface area (Å²) in [5.41, 5.74) is 0. The van der Waals surface area contributed by atoms with Crippen LogP contribution in [0.2, 0.25) is 5.02 Å². The van der Waals surface area contributed by atoms with Gasteiger partial charge < -0.3 is 4.90 Å². The topological polar surface area (TPSA) is 16.1 Å². The lowest BCUT2D eigenvalue weighted by Crippen LogP contribution is -2.38. The summed E-state index contributed by atoms with van der Waals surface area (Å²) in [5.74, 6) is 0.541. The van der Waals surface area contributed by atoms with Gasteiger partial charge in [0.15, 0.2) is 11.6 Å². The lowest BCUT2D eigenvalue weighted by Gasteiger charge is -2.33. The molecule has 1 heterocycles. The Morgan fingerprint density at radius 3 is 2.39 bits per heavy atom. The highest BCUT2D eigenvalue weighted by molar-refractivity contribution is 6.30. The van der Waals surface area contributed by atoms with E-state index >= 15 is 0 Å². The summed E-state index contributed by atoms with van der Waals surface area (Å²) < 4.78 is 14.0. The van der Waals surface area contributed by atoms with E-state index in [0.717, 1.165) is 19.4 Å². The molecule has 18 heavy (non-hydrogen) atoms. The van der Waals surface area contributed by atoms with E-state index in [1.165, 1.54) is 12.3 Å². The van der Waals surface area contributed by atoms with Crippen molar-refractivity contribution >= 4 is 17.4 Å². The Bertz CT molecular complexity index is 378. The second-order valence-corrected chi connectivity index (χ2v) is 5.41. The predicted molar refractivity (Wildman–Crippen MR) is 75.8 cm³/mol. The fourth-order valence-corrected chi connectivity index (χ4v) is 2.29. The molecule has 0 spiro atoms. The Labute approximate surface area is 114 Å². The molecule has 1 aromatic rings. The highest BCUT2D eigenvalue weighted by Crippen LogP contribution is 2.24. The van der Waals surface area contributed by atoms with Crippen molar-refractivity contribution in [2.24, 2.45) is 5.92 Å². The quantitative estimate of drug-likeness (QED) is 0.757. The van der Waals surface area contributed by atoms with Crippen molar-refractivity contribution in [3.63, 3.8) is 0 Å². The first-order valence-electron chi connectivity index (χ1n) is 6.57. The van der Waals surface area contributed by atoms with Crippen molar-refractivity contribution < 1.29 is 4.39 Å². The van der Waals surface area contributed by atoms with Crippen LogP contribution in [-0.4, -0.2) is 17.6 Å². The number of anilines is 1. The molecule has 0 N–H and O–H groups in total. The Balaban J connectivity index is 3.08. The minimum Gasteiger partial charge on any atom is -0.351 e. The molecule has 0 amide bonds. The van der Waals surface area contributed by atoms with E-state index < -0.39 is 0 Å². The molecule has 0 radical (unpaired) electrons. The van der Waals surface area contributed by atoms with Crippen molar-refractivity contribution in [2.75, 3.05) is 11.4 Å². The van der Waals surface area contributed by atoms with Gasteiger partial charge in [-0.1, -0.05) is 39.3 Å². The van der Waals surface area contributed by atoms with Crippen molar-refractivity contribution in [3.8, 4) is 0 Å². The molecule has 4 heteroatoms. The summed E-state index contributed by atoms with van der Waals surface area (Å²) in [4.78, 5) is 6.23. The van der Waals surface area contributed by atoms with Crippen LogP contribution in [0.4, 0.5) is 10.2 Å². The van der Waals surface area contributed by atoms with Gasteiger partial charge in [0.05, 0.1) is 5.02 Å². The zero-order chi connectivity index (χ0) is 13.7. The second-order valence-electron chi connectivity index (χ2n) is 4.98. The molecular weight excluding hydrogens is 251 g/mol. The molecule has 0 aliphatic heterocycles. The van der Waals surface area contributed by atoms with Gasteiger partial charge in [0.2, 0.25) is 0 Å². The monoisotopic (exact) mass is 272 g/mol. The number of hydrogen-bond donors (Lipinski definition) is 0. The van der Waals surface area contributed by atoms with Gasteiger partial charge >= 0.3 is 0 Å². The molecule has 0 saturated heterocycles. The first-order chi connectivity index (χ1) is 8.49. The first kappa shape index (κ1) is 15.2. The number of rotatable bonds is 6. The van der Waals surface area contributed by atoms with Crippen LogP contribution in [0, 0.1) is 11.7 Å². The van der Waals surface area contributed by atoms with Crippen LogP contribution in [0.25, 0.3) is 0 Å². The van der Waals surface area contributed by atoms with E-state index in [-0.39, 0.29) is 5.82 Å². The molecule has 0 aliphatic carbocycles. The maximum Gasteiger partial charge on any atom is 0.167 e. The van der Waals surface area contributed by atoms with Gasteiger partial charge in [0.25, 0.3) is 0 Å². The minimum absolute atomic E-state index is 0.315. The third-order valence-electron chi connectivity index (χ3n) is 3.01. The van der Waals surface area contributed by atoms with Gasteiger partial charge in [0.1, 0.15) is 0 Å². The number of aromatic nitrogens is 1. The lowest BCUT2D eigenvalue weighted by molar-refractivity contribution is 0.490. The summed E-state index contributed by atoms with van der Waals surface area (Å²) in [6.45, 7) is 9.30. The Morgan fingerprint density at radius 2 is 1.94 bits per heavy atom. The fraction of sp³-hybridized carbons (Fsp3) is 0.643. The highest BCUT2D eigenvalue weighted by atomic mass is 35.5. The summed E-state index contributed by atoms with van der Waals surface area (Å²) in [6, 6.07) is 1.65. The summed E-state index contributed by atoms with van der Waals surface area (Å²) >= 11 is 5.75. The third-order valence-corrected chi connectivity index (χ3v) is 3.21. The van der Waals surface area contributed by atoms with E-state index in [1.54, 1.807) is 0 Å². The van der Waals surface area contributed by atoms with E-state index in [2.05, 4.69) is 37.6 Å². The standard InChI is InChI=1S/C14H22ClFN2/c1-5-12(6-2)18(9-10(3)4)14-13(16)7-11(15)8-17-14/h7-8,10,12H,5-6,9H2,1-4H3. The van der Waals surface area contributed by atoms with E-state index in [0.29, 0.717) is 22.8 Å².